The van der Waals surface area contributed by atoms with E-state index in [4.69, 9.17) is 9.47 Å². The van der Waals surface area contributed by atoms with Gasteiger partial charge < -0.3 is 20.1 Å². The van der Waals surface area contributed by atoms with Gasteiger partial charge in [0.05, 0.1) is 12.2 Å². The van der Waals surface area contributed by atoms with Crippen LogP contribution in [0.25, 0.3) is 0 Å². The average Bonchev–Trinajstić information content (AvgIpc) is 3.33. The summed E-state index contributed by atoms with van der Waals surface area (Å²) < 4.78 is 10.5. The van der Waals surface area contributed by atoms with Gasteiger partial charge in [-0.3, -0.25) is 14.5 Å². The van der Waals surface area contributed by atoms with Gasteiger partial charge in [-0.05, 0) is 36.5 Å². The summed E-state index contributed by atoms with van der Waals surface area (Å²) in [6, 6.07) is 4.92. The number of benzene rings is 1. The van der Waals surface area contributed by atoms with E-state index in [2.05, 4.69) is 34.4 Å². The van der Waals surface area contributed by atoms with Crippen LogP contribution >= 0.6 is 11.3 Å². The van der Waals surface area contributed by atoms with E-state index < -0.39 is 0 Å². The van der Waals surface area contributed by atoms with Crippen LogP contribution in [0.15, 0.2) is 23.6 Å². The maximum Gasteiger partial charge on any atom is 0.251 e. The second-order valence-electron chi connectivity index (χ2n) is 8.08. The fourth-order valence-corrected chi connectivity index (χ4v) is 4.77. The van der Waals surface area contributed by atoms with Crippen molar-refractivity contribution in [2.75, 3.05) is 31.7 Å². The number of hydrogen-bond acceptors (Lipinski definition) is 7. The van der Waals surface area contributed by atoms with Crippen molar-refractivity contribution in [3.63, 3.8) is 0 Å². The zero-order valence-corrected chi connectivity index (χ0v) is 18.0. The lowest BCUT2D eigenvalue weighted by Gasteiger charge is -2.34. The van der Waals surface area contributed by atoms with Crippen LogP contribution in [-0.4, -0.2) is 48.1 Å². The lowest BCUT2D eigenvalue weighted by atomic mass is 9.92. The topological polar surface area (TPSA) is 92.8 Å². The minimum atomic E-state index is -0.350. The van der Waals surface area contributed by atoms with Gasteiger partial charge >= 0.3 is 0 Å². The summed E-state index contributed by atoms with van der Waals surface area (Å²) in [7, 11) is 0. The van der Waals surface area contributed by atoms with Gasteiger partial charge in [0.25, 0.3) is 5.91 Å². The van der Waals surface area contributed by atoms with Gasteiger partial charge in [0, 0.05) is 30.6 Å². The van der Waals surface area contributed by atoms with Crippen molar-refractivity contribution in [2.24, 2.45) is 11.8 Å². The van der Waals surface area contributed by atoms with Crippen molar-refractivity contribution >= 4 is 28.3 Å². The number of ether oxygens (including phenoxy) is 2. The average molecular weight is 431 g/mol. The molecule has 9 heteroatoms. The number of nitrogens with zero attached hydrogens (tertiary/aromatic N) is 2. The molecule has 0 saturated carbocycles. The molecular weight excluding hydrogens is 404 g/mol. The summed E-state index contributed by atoms with van der Waals surface area (Å²) in [5, 5.41) is 7.89. The summed E-state index contributed by atoms with van der Waals surface area (Å²) in [6.07, 6.45) is 1.27. The molecule has 1 aromatic carbocycles. The Balaban J connectivity index is 1.25. The molecular formula is C21H26N4O4S. The van der Waals surface area contributed by atoms with Gasteiger partial charge in [-0.1, -0.05) is 13.8 Å². The maximum absolute atomic E-state index is 12.3. The van der Waals surface area contributed by atoms with Crippen LogP contribution in [-0.2, 0) is 11.3 Å². The molecule has 2 amide bonds. The van der Waals surface area contributed by atoms with Gasteiger partial charge in [0.15, 0.2) is 16.6 Å². The van der Waals surface area contributed by atoms with Gasteiger partial charge in [0.2, 0.25) is 12.7 Å². The highest BCUT2D eigenvalue weighted by molar-refractivity contribution is 7.13. The molecule has 2 aliphatic heterocycles. The van der Waals surface area contributed by atoms with Gasteiger partial charge in [-0.2, -0.15) is 0 Å². The Morgan fingerprint density at radius 1 is 1.20 bits per heavy atom. The highest BCUT2D eigenvalue weighted by Gasteiger charge is 2.22. The van der Waals surface area contributed by atoms with Gasteiger partial charge in [-0.25, -0.2) is 4.98 Å². The molecule has 0 aliphatic carbocycles. The molecule has 3 heterocycles. The van der Waals surface area contributed by atoms with Crippen molar-refractivity contribution < 1.29 is 19.1 Å². The number of nitrogens with one attached hydrogen (secondary N) is 2. The smallest absolute Gasteiger partial charge is 0.251 e. The lowest BCUT2D eigenvalue weighted by molar-refractivity contribution is -0.115. The van der Waals surface area contributed by atoms with E-state index >= 15 is 0 Å². The zero-order valence-electron chi connectivity index (χ0n) is 17.1. The first-order valence-electron chi connectivity index (χ1n) is 10.1. The number of amides is 2. The molecule has 1 saturated heterocycles. The number of piperidine rings is 1. The number of hydrogen-bond donors (Lipinski definition) is 2. The minimum absolute atomic E-state index is 0.136. The predicted molar refractivity (Wildman–Crippen MR) is 114 cm³/mol. The standard InChI is InChI=1S/C21H26N4O4S/c1-13-5-14(2)9-25(8-13)10-16-11-30-21(23-16)24-19(26)7-22-20(27)15-3-4-17-18(6-15)29-12-28-17/h3-4,6,11,13-14H,5,7-10,12H2,1-2H3,(H,22,27)(H,23,24,26). The number of anilines is 1. The van der Waals surface area contributed by atoms with E-state index in [0.717, 1.165) is 25.3 Å². The van der Waals surface area contributed by atoms with E-state index in [0.29, 0.717) is 34.0 Å². The molecule has 1 fully saturated rings. The summed E-state index contributed by atoms with van der Waals surface area (Å²) in [5.41, 5.74) is 1.37. The van der Waals surface area contributed by atoms with Gasteiger partial charge in [0.1, 0.15) is 0 Å². The van der Waals surface area contributed by atoms with Crippen LogP contribution in [0.1, 0.15) is 36.3 Å². The molecule has 2 unspecified atom stereocenters. The maximum atomic E-state index is 12.3. The van der Waals surface area contributed by atoms with Crippen molar-refractivity contribution in [1.29, 1.82) is 0 Å². The van der Waals surface area contributed by atoms with Crippen LogP contribution in [0.4, 0.5) is 5.13 Å². The number of likely N-dealkylation sites (tertiary alicyclic amines) is 1. The second kappa shape index (κ2) is 9.01. The molecule has 4 rings (SSSR count). The molecule has 8 nitrogen and oxygen atoms in total. The Morgan fingerprint density at radius 3 is 2.77 bits per heavy atom. The molecule has 2 N–H and O–H groups in total. The van der Waals surface area contributed by atoms with E-state index in [-0.39, 0.29) is 25.2 Å². The number of carbonyl (C=O) groups excluding carboxylic acids is 2. The third-order valence-electron chi connectivity index (χ3n) is 5.17. The van der Waals surface area contributed by atoms with E-state index in [1.165, 1.54) is 17.8 Å². The van der Waals surface area contributed by atoms with E-state index in [1.807, 2.05) is 5.38 Å². The largest absolute Gasteiger partial charge is 0.454 e. The highest BCUT2D eigenvalue weighted by Crippen LogP contribution is 2.32. The van der Waals surface area contributed by atoms with Gasteiger partial charge in [-0.15, -0.1) is 11.3 Å². The van der Waals surface area contributed by atoms with E-state index in [1.54, 1.807) is 18.2 Å². The molecule has 0 bridgehead atoms. The molecule has 0 spiro atoms. The van der Waals surface area contributed by atoms with Crippen molar-refractivity contribution in [2.45, 2.75) is 26.8 Å². The van der Waals surface area contributed by atoms with Crippen LogP contribution in [0, 0.1) is 11.8 Å². The third kappa shape index (κ3) is 5.09. The number of fused-ring (bicyclic) bond motifs is 1. The summed E-state index contributed by atoms with van der Waals surface area (Å²) in [4.78, 5) is 31.4. The quantitative estimate of drug-likeness (QED) is 0.732. The summed E-state index contributed by atoms with van der Waals surface area (Å²) in [5.74, 6) is 1.86. The normalized spacial score (nSPS) is 20.7. The number of rotatable bonds is 6. The number of aromatic nitrogens is 1. The zero-order chi connectivity index (χ0) is 21.1. The SMILES string of the molecule is CC1CC(C)CN(Cc2csc(NC(=O)CNC(=O)c3ccc4c(c3)OCO4)n2)C1. The molecule has 30 heavy (non-hydrogen) atoms. The Hall–Kier alpha value is -2.65. The number of carbonyl (C=O) groups is 2. The molecule has 160 valence electrons. The summed E-state index contributed by atoms with van der Waals surface area (Å²) >= 11 is 1.40. The van der Waals surface area contributed by atoms with Crippen molar-refractivity contribution in [3.8, 4) is 11.5 Å². The van der Waals surface area contributed by atoms with Crippen molar-refractivity contribution in [3.05, 3.63) is 34.8 Å². The van der Waals surface area contributed by atoms with Crippen molar-refractivity contribution in [1.82, 2.24) is 15.2 Å². The molecule has 1 aromatic heterocycles. The molecule has 2 aromatic rings. The minimum Gasteiger partial charge on any atom is -0.454 e. The Kier molecular flexibility index (Phi) is 6.19. The van der Waals surface area contributed by atoms with Crippen LogP contribution in [0.3, 0.4) is 0 Å². The Labute approximate surface area is 179 Å². The third-order valence-corrected chi connectivity index (χ3v) is 5.98. The first-order chi connectivity index (χ1) is 14.5. The lowest BCUT2D eigenvalue weighted by Crippen LogP contribution is -2.38. The number of thiazole rings is 1. The first kappa shape index (κ1) is 20.6. The molecule has 2 atom stereocenters. The predicted octanol–water partition coefficient (Wildman–Crippen LogP) is 2.72. The Bertz CT molecular complexity index is 921. The van der Waals surface area contributed by atoms with Crippen LogP contribution < -0.4 is 20.1 Å². The fraction of sp³-hybridized carbons (Fsp3) is 0.476. The summed E-state index contributed by atoms with van der Waals surface area (Å²) in [6.45, 7) is 7.53. The highest BCUT2D eigenvalue weighted by atomic mass is 32.1. The van der Waals surface area contributed by atoms with Crippen LogP contribution in [0.2, 0.25) is 0 Å². The monoisotopic (exact) mass is 430 g/mol. The Morgan fingerprint density at radius 2 is 1.97 bits per heavy atom. The first-order valence-corrected chi connectivity index (χ1v) is 11.0. The van der Waals surface area contributed by atoms with Crippen LogP contribution in [0.5, 0.6) is 11.5 Å². The molecule has 0 radical (unpaired) electrons. The van der Waals surface area contributed by atoms with E-state index in [9.17, 15) is 9.59 Å². The fourth-order valence-electron chi connectivity index (χ4n) is 4.05. The second-order valence-corrected chi connectivity index (χ2v) is 8.94. The molecule has 2 aliphatic rings.